The third-order valence-electron chi connectivity index (χ3n) is 6.85. The van der Waals surface area contributed by atoms with Crippen LogP contribution < -0.4 is 4.74 Å². The Morgan fingerprint density at radius 1 is 0.917 bits per heavy atom. The van der Waals surface area contributed by atoms with Crippen LogP contribution >= 0.6 is 15.9 Å². The lowest BCUT2D eigenvalue weighted by Crippen LogP contribution is -2.45. The Hall–Kier alpha value is -2.73. The van der Waals surface area contributed by atoms with Gasteiger partial charge in [-0.25, -0.2) is 4.98 Å². The van der Waals surface area contributed by atoms with Crippen molar-refractivity contribution < 1.29 is 14.3 Å². The maximum Gasteiger partial charge on any atom is 0.217 e. The molecule has 4 rings (SSSR count). The summed E-state index contributed by atoms with van der Waals surface area (Å²) in [4.78, 5) is 4.86. The van der Waals surface area contributed by atoms with Gasteiger partial charge in [0.25, 0.3) is 0 Å². The molecule has 0 aliphatic rings. The lowest BCUT2D eigenvalue weighted by atomic mass is 9.72. The normalized spacial score (nSPS) is 14.4. The average Bonchev–Trinajstić information content (AvgIpc) is 2.87. The quantitative estimate of drug-likeness (QED) is 0.227. The summed E-state index contributed by atoms with van der Waals surface area (Å²) in [6.45, 7) is 0.837. The molecule has 0 aliphatic carbocycles. The molecular formula is C31H36BrN2O2+. The SMILES string of the molecule is COc1nc2ccc(Br)cc2cc1C(c1ccccc1)C(O)(CCc1ccccc1)CC[N+](C)(C)C. The molecule has 188 valence electrons. The van der Waals surface area contributed by atoms with Gasteiger partial charge in [0.2, 0.25) is 5.88 Å². The van der Waals surface area contributed by atoms with Crippen molar-refractivity contribution in [3.8, 4) is 5.88 Å². The van der Waals surface area contributed by atoms with Crippen molar-refractivity contribution in [2.45, 2.75) is 30.8 Å². The van der Waals surface area contributed by atoms with E-state index in [1.165, 1.54) is 5.56 Å². The van der Waals surface area contributed by atoms with E-state index in [1.807, 2.05) is 36.4 Å². The minimum absolute atomic E-state index is 0.306. The molecule has 0 amide bonds. The summed E-state index contributed by atoms with van der Waals surface area (Å²) in [6.07, 6.45) is 2.05. The van der Waals surface area contributed by atoms with Gasteiger partial charge in [-0.1, -0.05) is 76.6 Å². The van der Waals surface area contributed by atoms with Crippen LogP contribution in [0, 0.1) is 0 Å². The molecular weight excluding hydrogens is 512 g/mol. The molecule has 36 heavy (non-hydrogen) atoms. The predicted molar refractivity (Wildman–Crippen MR) is 152 cm³/mol. The minimum Gasteiger partial charge on any atom is -0.481 e. The number of aromatic nitrogens is 1. The van der Waals surface area contributed by atoms with Gasteiger partial charge in [0.1, 0.15) is 0 Å². The Morgan fingerprint density at radius 3 is 2.22 bits per heavy atom. The number of quaternary nitrogens is 1. The molecule has 1 aromatic heterocycles. The van der Waals surface area contributed by atoms with Crippen LogP contribution in [0.4, 0.5) is 0 Å². The number of nitrogens with zero attached hydrogens (tertiary/aromatic N) is 2. The van der Waals surface area contributed by atoms with E-state index in [2.05, 4.69) is 85.6 Å². The monoisotopic (exact) mass is 547 g/mol. The minimum atomic E-state index is -1.02. The molecule has 4 aromatic rings. The van der Waals surface area contributed by atoms with Gasteiger partial charge in [0.05, 0.1) is 45.9 Å². The number of methoxy groups -OCH3 is 1. The van der Waals surface area contributed by atoms with Gasteiger partial charge in [-0.2, -0.15) is 0 Å². The Labute approximate surface area is 223 Å². The van der Waals surface area contributed by atoms with Crippen LogP contribution in [0.2, 0.25) is 0 Å². The zero-order valence-corrected chi connectivity index (χ0v) is 23.2. The lowest BCUT2D eigenvalue weighted by Gasteiger charge is -2.39. The van der Waals surface area contributed by atoms with E-state index in [4.69, 9.17) is 9.72 Å². The summed E-state index contributed by atoms with van der Waals surface area (Å²) in [5.41, 5.74) is 3.04. The third-order valence-corrected chi connectivity index (χ3v) is 7.34. The second-order valence-electron chi connectivity index (χ2n) is 10.6. The molecule has 0 saturated carbocycles. The van der Waals surface area contributed by atoms with Crippen molar-refractivity contribution in [3.63, 3.8) is 0 Å². The number of ether oxygens (including phenoxy) is 1. The molecule has 0 saturated heterocycles. The number of rotatable bonds is 10. The lowest BCUT2D eigenvalue weighted by molar-refractivity contribution is -0.871. The van der Waals surface area contributed by atoms with Gasteiger partial charge < -0.3 is 14.3 Å². The zero-order chi connectivity index (χ0) is 25.8. The third kappa shape index (κ3) is 6.33. The summed E-state index contributed by atoms with van der Waals surface area (Å²) in [5, 5.41) is 13.7. The van der Waals surface area contributed by atoms with Crippen molar-refractivity contribution in [3.05, 3.63) is 106 Å². The van der Waals surface area contributed by atoms with E-state index in [-0.39, 0.29) is 5.92 Å². The molecule has 2 atom stereocenters. The first kappa shape index (κ1) is 26.3. The fourth-order valence-corrected chi connectivity index (χ4v) is 5.27. The Kier molecular flexibility index (Phi) is 8.13. The summed E-state index contributed by atoms with van der Waals surface area (Å²) < 4.78 is 7.62. The molecule has 1 heterocycles. The van der Waals surface area contributed by atoms with E-state index < -0.39 is 5.60 Å². The van der Waals surface area contributed by atoms with Crippen LogP contribution in [0.25, 0.3) is 10.9 Å². The van der Waals surface area contributed by atoms with Gasteiger partial charge in [0.15, 0.2) is 0 Å². The predicted octanol–water partition coefficient (Wildman–Crippen LogP) is 6.60. The molecule has 3 aromatic carbocycles. The first-order valence-electron chi connectivity index (χ1n) is 12.4. The van der Waals surface area contributed by atoms with Crippen molar-refractivity contribution in [2.24, 2.45) is 0 Å². The molecule has 0 fully saturated rings. The number of benzene rings is 3. The highest BCUT2D eigenvalue weighted by Crippen LogP contribution is 2.44. The summed E-state index contributed by atoms with van der Waals surface area (Å²) >= 11 is 3.60. The number of aliphatic hydroxyl groups is 1. The first-order chi connectivity index (χ1) is 17.2. The van der Waals surface area contributed by atoms with E-state index in [9.17, 15) is 5.11 Å². The van der Waals surface area contributed by atoms with E-state index in [0.29, 0.717) is 18.7 Å². The summed E-state index contributed by atoms with van der Waals surface area (Å²) in [7, 11) is 8.17. The Bertz CT molecular complexity index is 1290. The largest absolute Gasteiger partial charge is 0.481 e. The second kappa shape index (κ2) is 11.1. The Balaban J connectivity index is 1.88. The number of hydrogen-bond donors (Lipinski definition) is 1. The van der Waals surface area contributed by atoms with Gasteiger partial charge in [-0.05, 0) is 48.2 Å². The van der Waals surface area contributed by atoms with E-state index in [1.54, 1.807) is 7.11 Å². The molecule has 1 N–H and O–H groups in total. The molecule has 5 heteroatoms. The van der Waals surface area contributed by atoms with Crippen LogP contribution in [0.1, 0.15) is 35.4 Å². The highest BCUT2D eigenvalue weighted by molar-refractivity contribution is 9.10. The molecule has 0 bridgehead atoms. The van der Waals surface area contributed by atoms with Gasteiger partial charge in [-0.15, -0.1) is 0 Å². The first-order valence-corrected chi connectivity index (χ1v) is 13.2. The van der Waals surface area contributed by atoms with Crippen molar-refractivity contribution >= 4 is 26.8 Å². The number of halogens is 1. The fraction of sp³-hybridized carbons (Fsp3) is 0.323. The van der Waals surface area contributed by atoms with Crippen LogP contribution in [-0.4, -0.2) is 55.0 Å². The van der Waals surface area contributed by atoms with E-state index >= 15 is 0 Å². The Morgan fingerprint density at radius 2 is 1.58 bits per heavy atom. The van der Waals surface area contributed by atoms with Gasteiger partial charge in [-0.3, -0.25) is 0 Å². The highest BCUT2D eigenvalue weighted by Gasteiger charge is 2.41. The zero-order valence-electron chi connectivity index (χ0n) is 21.6. The van der Waals surface area contributed by atoms with Crippen LogP contribution in [0.15, 0.2) is 89.4 Å². The molecule has 0 aliphatic heterocycles. The molecule has 4 nitrogen and oxygen atoms in total. The topological polar surface area (TPSA) is 42.4 Å². The number of aryl methyl sites for hydroxylation is 1. The fourth-order valence-electron chi connectivity index (χ4n) is 4.89. The molecule has 2 unspecified atom stereocenters. The molecule has 0 spiro atoms. The second-order valence-corrected chi connectivity index (χ2v) is 11.5. The van der Waals surface area contributed by atoms with Crippen molar-refractivity contribution in [2.75, 3.05) is 34.8 Å². The number of fused-ring (bicyclic) bond motifs is 1. The molecule has 0 radical (unpaired) electrons. The summed E-state index contributed by atoms with van der Waals surface area (Å²) in [5.74, 6) is 0.252. The average molecular weight is 549 g/mol. The number of pyridine rings is 1. The van der Waals surface area contributed by atoms with Crippen LogP contribution in [0.5, 0.6) is 5.88 Å². The highest BCUT2D eigenvalue weighted by atomic mass is 79.9. The van der Waals surface area contributed by atoms with Gasteiger partial charge in [0, 0.05) is 27.8 Å². The smallest absolute Gasteiger partial charge is 0.217 e. The van der Waals surface area contributed by atoms with Crippen molar-refractivity contribution in [1.82, 2.24) is 4.98 Å². The standard InChI is InChI=1S/C31H36BrN2O2/c1-34(2,3)20-19-31(35,18-17-23-11-7-5-8-12-23)29(24-13-9-6-10-14-24)27-22-25-21-26(32)15-16-28(25)33-30(27)36-4/h5-16,21-22,29,35H,17-20H2,1-4H3/q+1. The maximum atomic E-state index is 12.6. The van der Waals surface area contributed by atoms with Crippen LogP contribution in [-0.2, 0) is 6.42 Å². The number of hydrogen-bond acceptors (Lipinski definition) is 3. The van der Waals surface area contributed by atoms with E-state index in [0.717, 1.165) is 44.0 Å². The maximum absolute atomic E-state index is 12.6. The van der Waals surface area contributed by atoms with Crippen molar-refractivity contribution in [1.29, 1.82) is 0 Å². The van der Waals surface area contributed by atoms with Gasteiger partial charge >= 0.3 is 0 Å². The van der Waals surface area contributed by atoms with Crippen LogP contribution in [0.3, 0.4) is 0 Å². The summed E-state index contributed by atoms with van der Waals surface area (Å²) in [6, 6.07) is 28.9.